The van der Waals surface area contributed by atoms with Crippen LogP contribution in [0.3, 0.4) is 0 Å². The van der Waals surface area contributed by atoms with E-state index in [-0.39, 0.29) is 29.8 Å². The Morgan fingerprint density at radius 3 is 2.09 bits per heavy atom. The average Bonchev–Trinajstić information content (AvgIpc) is 2.89. The standard InChI is InChI=1S/C26H26F4O3.C2H4/c1-15(23(27)24(28)16(2)32-3)14-33-20-10-6-18(7-11-20)22-13-12-21(25(29)26(22)30)17-4-8-19(31)9-5-17;1-2/h6-7,10-13,17,19,31H,1-2,4-5,8-9,14H2,3H3;1-2H2/b24-23-;. The normalized spacial score (nSPS) is 18.0. The van der Waals surface area contributed by atoms with E-state index in [2.05, 4.69) is 31.1 Å². The summed E-state index contributed by atoms with van der Waals surface area (Å²) in [4.78, 5) is 0. The highest BCUT2D eigenvalue weighted by atomic mass is 19.2. The first-order valence-corrected chi connectivity index (χ1v) is 11.1. The summed E-state index contributed by atoms with van der Waals surface area (Å²) in [6, 6.07) is 9.27. The molecule has 0 radical (unpaired) electrons. The van der Waals surface area contributed by atoms with Crippen LogP contribution in [0.2, 0.25) is 0 Å². The minimum absolute atomic E-state index is 0.109. The molecule has 0 aliphatic heterocycles. The average molecular weight is 491 g/mol. The fourth-order valence-electron chi connectivity index (χ4n) is 3.82. The summed E-state index contributed by atoms with van der Waals surface area (Å²) >= 11 is 0. The fourth-order valence-corrected chi connectivity index (χ4v) is 3.82. The monoisotopic (exact) mass is 490 g/mol. The molecule has 35 heavy (non-hydrogen) atoms. The number of aliphatic hydroxyl groups excluding tert-OH is 1. The molecule has 7 heteroatoms. The number of benzene rings is 2. The van der Waals surface area contributed by atoms with Gasteiger partial charge in [-0.1, -0.05) is 37.4 Å². The lowest BCUT2D eigenvalue weighted by Gasteiger charge is -2.26. The molecule has 3 rings (SSSR count). The lowest BCUT2D eigenvalue weighted by molar-refractivity contribution is 0.122. The van der Waals surface area contributed by atoms with Crippen LogP contribution in [0.15, 0.2) is 85.7 Å². The van der Waals surface area contributed by atoms with Crippen molar-refractivity contribution in [3.05, 3.63) is 103 Å². The Morgan fingerprint density at radius 2 is 1.51 bits per heavy atom. The van der Waals surface area contributed by atoms with Crippen LogP contribution < -0.4 is 4.74 Å². The maximum atomic E-state index is 14.8. The zero-order chi connectivity index (χ0) is 26.1. The van der Waals surface area contributed by atoms with Crippen molar-refractivity contribution in [3.8, 4) is 16.9 Å². The molecule has 2 aromatic rings. The van der Waals surface area contributed by atoms with Crippen molar-refractivity contribution in [2.24, 2.45) is 0 Å². The number of hydrogen-bond donors (Lipinski definition) is 1. The van der Waals surface area contributed by atoms with Crippen LogP contribution in [0.25, 0.3) is 11.1 Å². The van der Waals surface area contributed by atoms with Gasteiger partial charge in [0.25, 0.3) is 0 Å². The summed E-state index contributed by atoms with van der Waals surface area (Å²) in [6.07, 6.45) is 2.02. The van der Waals surface area contributed by atoms with Crippen molar-refractivity contribution in [2.75, 3.05) is 13.7 Å². The van der Waals surface area contributed by atoms with E-state index >= 15 is 0 Å². The van der Waals surface area contributed by atoms with Crippen molar-refractivity contribution >= 4 is 0 Å². The predicted molar refractivity (Wildman–Crippen MR) is 130 cm³/mol. The van der Waals surface area contributed by atoms with E-state index in [4.69, 9.17) is 4.74 Å². The van der Waals surface area contributed by atoms with Crippen molar-refractivity contribution < 1.29 is 32.1 Å². The maximum Gasteiger partial charge on any atom is 0.200 e. The maximum absolute atomic E-state index is 14.8. The van der Waals surface area contributed by atoms with Crippen LogP contribution in [0.5, 0.6) is 5.75 Å². The largest absolute Gasteiger partial charge is 0.494 e. The Bertz CT molecular complexity index is 1070. The second kappa shape index (κ2) is 13.0. The van der Waals surface area contributed by atoms with Gasteiger partial charge in [0.15, 0.2) is 23.3 Å². The van der Waals surface area contributed by atoms with Gasteiger partial charge in [0, 0.05) is 11.1 Å². The quantitative estimate of drug-likeness (QED) is 0.178. The van der Waals surface area contributed by atoms with E-state index in [1.165, 1.54) is 19.2 Å². The van der Waals surface area contributed by atoms with E-state index in [1.807, 2.05) is 0 Å². The van der Waals surface area contributed by atoms with Crippen LogP contribution >= 0.6 is 0 Å². The smallest absolute Gasteiger partial charge is 0.200 e. The summed E-state index contributed by atoms with van der Waals surface area (Å²) in [5, 5.41) is 9.64. The molecule has 1 aliphatic carbocycles. The molecule has 1 aliphatic rings. The van der Waals surface area contributed by atoms with Crippen LogP contribution in [-0.2, 0) is 4.74 Å². The van der Waals surface area contributed by atoms with Crippen LogP contribution in [0.4, 0.5) is 17.6 Å². The lowest BCUT2D eigenvalue weighted by atomic mass is 9.82. The first kappa shape index (κ1) is 27.9. The Hall–Kier alpha value is -3.32. The number of ether oxygens (including phenoxy) is 2. The van der Waals surface area contributed by atoms with Gasteiger partial charge in [-0.2, -0.15) is 4.39 Å². The van der Waals surface area contributed by atoms with Gasteiger partial charge in [-0.15, -0.1) is 13.2 Å². The van der Waals surface area contributed by atoms with E-state index in [1.54, 1.807) is 24.3 Å². The molecule has 0 atom stereocenters. The van der Waals surface area contributed by atoms with Crippen molar-refractivity contribution in [3.63, 3.8) is 0 Å². The van der Waals surface area contributed by atoms with Gasteiger partial charge in [-0.05, 0) is 54.9 Å². The SMILES string of the molecule is C=C.C=C(COc1ccc(-c2ccc(C3CCC(O)CC3)c(F)c2F)cc1)/C(F)=C(/F)C(=C)OC. The predicted octanol–water partition coefficient (Wildman–Crippen LogP) is 7.70. The molecule has 1 N–H and O–H groups in total. The van der Waals surface area contributed by atoms with Crippen molar-refractivity contribution in [1.82, 2.24) is 0 Å². The number of hydrogen-bond acceptors (Lipinski definition) is 3. The molecule has 2 aromatic carbocycles. The minimum Gasteiger partial charge on any atom is -0.494 e. The Kier molecular flexibility index (Phi) is 10.3. The third kappa shape index (κ3) is 6.85. The topological polar surface area (TPSA) is 38.7 Å². The molecule has 0 saturated heterocycles. The number of allylic oxidation sites excluding steroid dienone is 1. The molecular formula is C28H30F4O3. The number of aliphatic hydroxyl groups is 1. The summed E-state index contributed by atoms with van der Waals surface area (Å²) in [7, 11) is 1.17. The molecule has 0 unspecified atom stereocenters. The van der Waals surface area contributed by atoms with Crippen LogP contribution in [-0.4, -0.2) is 24.9 Å². The number of halogens is 4. The molecule has 188 valence electrons. The molecule has 0 amide bonds. The van der Waals surface area contributed by atoms with Gasteiger partial charge in [0.1, 0.15) is 18.1 Å². The first-order chi connectivity index (χ1) is 16.7. The highest BCUT2D eigenvalue weighted by Crippen LogP contribution is 2.37. The van der Waals surface area contributed by atoms with E-state index in [0.717, 1.165) is 0 Å². The lowest BCUT2D eigenvalue weighted by Crippen LogP contribution is -2.18. The molecule has 1 fully saturated rings. The first-order valence-electron chi connectivity index (χ1n) is 11.1. The Morgan fingerprint density at radius 1 is 0.914 bits per heavy atom. The molecular weight excluding hydrogens is 460 g/mol. The summed E-state index contributed by atoms with van der Waals surface area (Å²) < 4.78 is 67.3. The number of methoxy groups -OCH3 is 1. The van der Waals surface area contributed by atoms with Crippen molar-refractivity contribution in [1.29, 1.82) is 0 Å². The van der Waals surface area contributed by atoms with Gasteiger partial charge < -0.3 is 14.6 Å². The second-order valence-corrected chi connectivity index (χ2v) is 8.01. The van der Waals surface area contributed by atoms with Gasteiger partial charge in [0.05, 0.1) is 13.2 Å². The van der Waals surface area contributed by atoms with E-state index in [0.29, 0.717) is 42.6 Å². The van der Waals surface area contributed by atoms with Gasteiger partial charge >= 0.3 is 0 Å². The fraction of sp³-hybridized carbons (Fsp3) is 0.286. The molecule has 0 bridgehead atoms. The van der Waals surface area contributed by atoms with Crippen molar-refractivity contribution in [2.45, 2.75) is 37.7 Å². The molecule has 1 saturated carbocycles. The summed E-state index contributed by atoms with van der Waals surface area (Å²) in [5.41, 5.74) is 0.641. The molecule has 0 spiro atoms. The minimum atomic E-state index is -1.26. The van der Waals surface area contributed by atoms with E-state index in [9.17, 15) is 22.7 Å². The van der Waals surface area contributed by atoms with E-state index < -0.39 is 29.0 Å². The highest BCUT2D eigenvalue weighted by molar-refractivity contribution is 5.65. The number of rotatable bonds is 8. The second-order valence-electron chi connectivity index (χ2n) is 8.01. The third-order valence-electron chi connectivity index (χ3n) is 5.82. The van der Waals surface area contributed by atoms with Gasteiger partial charge in [-0.3, -0.25) is 0 Å². The van der Waals surface area contributed by atoms with Gasteiger partial charge in [-0.25, -0.2) is 13.2 Å². The van der Waals surface area contributed by atoms with Crippen LogP contribution in [0.1, 0.15) is 37.2 Å². The molecule has 0 aromatic heterocycles. The Labute approximate surface area is 203 Å². The highest BCUT2D eigenvalue weighted by Gasteiger charge is 2.25. The Balaban J connectivity index is 0.00000210. The zero-order valence-corrected chi connectivity index (χ0v) is 19.8. The summed E-state index contributed by atoms with van der Waals surface area (Å²) in [5.74, 6) is -4.53. The summed E-state index contributed by atoms with van der Waals surface area (Å²) in [6.45, 7) is 12.4. The van der Waals surface area contributed by atoms with Crippen LogP contribution in [0, 0.1) is 11.6 Å². The van der Waals surface area contributed by atoms with Gasteiger partial charge in [0.2, 0.25) is 0 Å². The molecule has 3 nitrogen and oxygen atoms in total. The molecule has 0 heterocycles. The zero-order valence-electron chi connectivity index (χ0n) is 19.8. The third-order valence-corrected chi connectivity index (χ3v) is 5.82.